The number of thiazole rings is 1. The van der Waals surface area contributed by atoms with E-state index in [4.69, 9.17) is 9.72 Å². The average molecular weight is 914 g/mol. The van der Waals surface area contributed by atoms with Gasteiger partial charge in [0.05, 0.1) is 35.0 Å². The van der Waals surface area contributed by atoms with Gasteiger partial charge in [0.25, 0.3) is 0 Å². The summed E-state index contributed by atoms with van der Waals surface area (Å²) in [5.74, 6) is 0.360. The maximum Gasteiger partial charge on any atom is 0.246 e. The standard InChI is InChI=1S/C48H71N11O5S/c1-7-34(8-2)39-27-42(59-41(54-39)15-16-52-59)53-37-14-13-36(25-37)49-17-18-56-19-21-57(22-20-56)23-24-64-30-43(61)55-45(48(4,5)6)47(63)58-29-38(60)26-40(58)46(62)50-28-33-9-11-35(12-10-33)44-32(3)51-31-65-44/h9-12,15-16,27,31,34,36-38,40,45,49,53,60H,7-8,13-14,17-26,28-30H2,1-6H3,(H,50,62)(H,55,61)/t36-,37-,38+,40-,45+/m0/s1. The van der Waals surface area contributed by atoms with Gasteiger partial charge in [0.15, 0.2) is 5.65 Å². The molecule has 0 unspecified atom stereocenters. The highest BCUT2D eigenvalue weighted by Crippen LogP contribution is 2.30. The first-order chi connectivity index (χ1) is 31.3. The Labute approximate surface area is 388 Å². The summed E-state index contributed by atoms with van der Waals surface area (Å²) in [5, 5.41) is 28.6. The number of carbonyl (C=O) groups is 3. The molecular formula is C48H71N11O5S. The number of β-amino-alcohol motifs (C(OH)–C–C–N with tert-alkyl or cyclic N) is 1. The molecule has 0 bridgehead atoms. The monoisotopic (exact) mass is 914 g/mol. The Morgan fingerprint density at radius 2 is 1.69 bits per heavy atom. The lowest BCUT2D eigenvalue weighted by molar-refractivity contribution is -0.144. The topological polar surface area (TPSA) is 182 Å². The molecule has 3 amide bonds. The lowest BCUT2D eigenvalue weighted by atomic mass is 9.85. The van der Waals surface area contributed by atoms with Crippen LogP contribution in [-0.2, 0) is 25.7 Å². The second-order valence-corrected chi connectivity index (χ2v) is 20.0. The molecular weight excluding hydrogens is 843 g/mol. The maximum absolute atomic E-state index is 14.0. The molecule has 16 nitrogen and oxygen atoms in total. The van der Waals surface area contributed by atoms with Gasteiger partial charge >= 0.3 is 0 Å². The number of fused-ring (bicyclic) bond motifs is 1. The zero-order valence-corrected chi connectivity index (χ0v) is 40.0. The molecule has 7 rings (SSSR count). The van der Waals surface area contributed by atoms with Crippen LogP contribution < -0.4 is 21.3 Å². The van der Waals surface area contributed by atoms with E-state index in [1.807, 2.05) is 74.2 Å². The van der Waals surface area contributed by atoms with Gasteiger partial charge in [-0.1, -0.05) is 58.9 Å². The van der Waals surface area contributed by atoms with E-state index in [-0.39, 0.29) is 32.0 Å². The predicted molar refractivity (Wildman–Crippen MR) is 255 cm³/mol. The Balaban J connectivity index is 0.781. The van der Waals surface area contributed by atoms with Gasteiger partial charge in [-0.25, -0.2) is 9.97 Å². The highest BCUT2D eigenvalue weighted by atomic mass is 32.1. The molecule has 4 aromatic rings. The SMILES string of the molecule is CCC(CC)c1cc(N[C@H]2CC[C@H](NCCN3CCN(CCOCC(=O)N[C@H](C(=O)N4C[C@H](O)C[C@H]4C(=O)NCc4ccc(-c5scnc5C)cc4)C(C)(C)C)CC3)C2)n2nccc2n1. The van der Waals surface area contributed by atoms with Crippen LogP contribution >= 0.6 is 11.3 Å². The number of aliphatic hydroxyl groups is 1. The first-order valence-corrected chi connectivity index (χ1v) is 24.6. The molecule has 65 heavy (non-hydrogen) atoms. The number of anilines is 1. The number of aryl methyl sites for hydroxylation is 1. The number of likely N-dealkylation sites (tertiary alicyclic amines) is 1. The zero-order valence-electron chi connectivity index (χ0n) is 39.2. The van der Waals surface area contributed by atoms with Crippen LogP contribution in [0.15, 0.2) is 48.1 Å². The number of hydrogen-bond donors (Lipinski definition) is 5. The van der Waals surface area contributed by atoms with E-state index in [9.17, 15) is 19.5 Å². The number of nitrogens with one attached hydrogen (secondary N) is 4. The van der Waals surface area contributed by atoms with Crippen LogP contribution in [0.2, 0.25) is 0 Å². The van der Waals surface area contributed by atoms with Crippen molar-refractivity contribution in [2.24, 2.45) is 5.41 Å². The number of nitrogens with zero attached hydrogens (tertiary/aromatic N) is 7. The van der Waals surface area contributed by atoms with Crippen molar-refractivity contribution in [3.8, 4) is 10.4 Å². The summed E-state index contributed by atoms with van der Waals surface area (Å²) in [4.78, 5) is 57.3. The molecule has 5 atom stereocenters. The third kappa shape index (κ3) is 12.7. The average Bonchev–Trinajstić information content (AvgIpc) is 4.12. The minimum atomic E-state index is -0.912. The number of rotatable bonds is 20. The second kappa shape index (κ2) is 22.3. The first kappa shape index (κ1) is 48.4. The van der Waals surface area contributed by atoms with E-state index in [1.165, 1.54) is 4.90 Å². The number of hydrogen-bond acceptors (Lipinski definition) is 13. The second-order valence-electron chi connectivity index (χ2n) is 19.2. The predicted octanol–water partition coefficient (Wildman–Crippen LogP) is 4.43. The Hall–Kier alpha value is -4.52. The van der Waals surface area contributed by atoms with E-state index in [2.05, 4.69) is 61.1 Å². The van der Waals surface area contributed by atoms with Crippen molar-refractivity contribution in [1.29, 1.82) is 0 Å². The molecule has 3 aromatic heterocycles. The van der Waals surface area contributed by atoms with Gasteiger partial charge in [-0.05, 0) is 55.6 Å². The van der Waals surface area contributed by atoms with Gasteiger partial charge in [0.1, 0.15) is 24.5 Å². The van der Waals surface area contributed by atoms with Crippen LogP contribution in [0.4, 0.5) is 5.82 Å². The Kier molecular flexibility index (Phi) is 16.6. The zero-order chi connectivity index (χ0) is 46.1. The van der Waals surface area contributed by atoms with Crippen molar-refractivity contribution in [1.82, 2.24) is 50.2 Å². The quantitative estimate of drug-likeness (QED) is 0.0789. The lowest BCUT2D eigenvalue weighted by Gasteiger charge is -2.35. The van der Waals surface area contributed by atoms with Crippen LogP contribution in [0.1, 0.15) is 96.0 Å². The number of aromatic nitrogens is 4. The summed E-state index contributed by atoms with van der Waals surface area (Å²) in [6.07, 6.45) is 6.61. The minimum Gasteiger partial charge on any atom is -0.391 e. The smallest absolute Gasteiger partial charge is 0.246 e. The van der Waals surface area contributed by atoms with E-state index >= 15 is 0 Å². The number of piperazine rings is 1. The highest BCUT2D eigenvalue weighted by molar-refractivity contribution is 7.13. The Morgan fingerprint density at radius 1 is 0.969 bits per heavy atom. The van der Waals surface area contributed by atoms with Crippen LogP contribution in [0.3, 0.4) is 0 Å². The normalized spacial score (nSPS) is 21.3. The summed E-state index contributed by atoms with van der Waals surface area (Å²) >= 11 is 1.59. The fourth-order valence-electron chi connectivity index (χ4n) is 9.46. The molecule has 5 N–H and O–H groups in total. The number of carbonyl (C=O) groups excluding carboxylic acids is 3. The molecule has 3 aliphatic rings. The largest absolute Gasteiger partial charge is 0.391 e. The number of amides is 3. The summed E-state index contributed by atoms with van der Waals surface area (Å²) in [6.45, 7) is 19.1. The molecule has 1 aliphatic carbocycles. The Morgan fingerprint density at radius 3 is 2.38 bits per heavy atom. The fourth-order valence-corrected chi connectivity index (χ4v) is 10.3. The van der Waals surface area contributed by atoms with Crippen LogP contribution in [-0.4, -0.2) is 153 Å². The van der Waals surface area contributed by atoms with Crippen molar-refractivity contribution in [3.05, 3.63) is 65.1 Å². The van der Waals surface area contributed by atoms with Crippen LogP contribution in [0.25, 0.3) is 16.1 Å². The maximum atomic E-state index is 14.0. The van der Waals surface area contributed by atoms with Gasteiger partial charge < -0.3 is 36.0 Å². The van der Waals surface area contributed by atoms with Crippen molar-refractivity contribution < 1.29 is 24.2 Å². The first-order valence-electron chi connectivity index (χ1n) is 23.7. The van der Waals surface area contributed by atoms with Gasteiger partial charge in [-0.3, -0.25) is 24.2 Å². The number of ether oxygens (including phenoxy) is 1. The third-order valence-electron chi connectivity index (χ3n) is 13.4. The van der Waals surface area contributed by atoms with Gasteiger partial charge in [0, 0.05) is 101 Å². The molecule has 1 aromatic carbocycles. The summed E-state index contributed by atoms with van der Waals surface area (Å²) in [6, 6.07) is 11.3. The van der Waals surface area contributed by atoms with Gasteiger partial charge in [-0.2, -0.15) is 9.61 Å². The number of benzene rings is 1. The third-order valence-corrected chi connectivity index (χ3v) is 14.4. The van der Waals surface area contributed by atoms with Crippen molar-refractivity contribution in [2.45, 2.75) is 123 Å². The highest BCUT2D eigenvalue weighted by Gasteiger charge is 2.44. The number of aliphatic hydroxyl groups excluding tert-OH is 1. The molecule has 2 saturated heterocycles. The summed E-state index contributed by atoms with van der Waals surface area (Å²) < 4.78 is 7.75. The fraction of sp³-hybridized carbons (Fsp3) is 0.625. The van der Waals surface area contributed by atoms with E-state index in [1.54, 1.807) is 11.3 Å². The van der Waals surface area contributed by atoms with E-state index in [0.29, 0.717) is 24.6 Å². The van der Waals surface area contributed by atoms with Crippen molar-refractivity contribution in [3.63, 3.8) is 0 Å². The molecule has 2 aliphatic heterocycles. The Bertz CT molecular complexity index is 2180. The molecule has 0 spiro atoms. The summed E-state index contributed by atoms with van der Waals surface area (Å²) in [7, 11) is 0. The molecule has 354 valence electrons. The van der Waals surface area contributed by atoms with Gasteiger partial charge in [0.2, 0.25) is 17.7 Å². The van der Waals surface area contributed by atoms with Crippen LogP contribution in [0, 0.1) is 12.3 Å². The van der Waals surface area contributed by atoms with Crippen LogP contribution in [0.5, 0.6) is 0 Å². The van der Waals surface area contributed by atoms with E-state index < -0.39 is 35.4 Å². The molecule has 17 heteroatoms. The molecule has 1 saturated carbocycles. The molecule has 0 radical (unpaired) electrons. The van der Waals surface area contributed by atoms with Gasteiger partial charge in [-0.15, -0.1) is 11.3 Å². The molecule has 5 heterocycles. The van der Waals surface area contributed by atoms with E-state index in [0.717, 1.165) is 117 Å². The van der Waals surface area contributed by atoms with Crippen molar-refractivity contribution >= 4 is 40.5 Å². The van der Waals surface area contributed by atoms with Crippen molar-refractivity contribution in [2.75, 3.05) is 70.9 Å². The summed E-state index contributed by atoms with van der Waals surface area (Å²) in [5.41, 5.74) is 6.17. The lowest BCUT2D eigenvalue weighted by Crippen LogP contribution is -2.58. The minimum absolute atomic E-state index is 0.0184. The molecule has 3 fully saturated rings.